The summed E-state index contributed by atoms with van der Waals surface area (Å²) in [6.07, 6.45) is 0. The molecule has 0 aromatic heterocycles. The van der Waals surface area contributed by atoms with E-state index in [0.29, 0.717) is 5.75 Å². The number of methoxy groups -OCH3 is 1. The Balaban J connectivity index is 4.06. The highest BCUT2D eigenvalue weighted by atomic mass is 32.2. The third-order valence-corrected chi connectivity index (χ3v) is 3.47. The van der Waals surface area contributed by atoms with Crippen LogP contribution >= 0.6 is 11.8 Å². The molecule has 2 unspecified atom stereocenters. The molecule has 17 heavy (non-hydrogen) atoms. The summed E-state index contributed by atoms with van der Waals surface area (Å²) in [5.41, 5.74) is -0.222. The molecule has 0 heterocycles. The fraction of sp³-hybridized carbons (Fsp3) is 0.833. The first-order valence-corrected chi connectivity index (χ1v) is 6.73. The van der Waals surface area contributed by atoms with Crippen molar-refractivity contribution in [3.05, 3.63) is 0 Å². The van der Waals surface area contributed by atoms with Gasteiger partial charge in [-0.25, -0.2) is 0 Å². The Bertz CT molecular complexity index is 273. The number of esters is 1. The molecule has 0 rings (SSSR count). The van der Waals surface area contributed by atoms with Crippen LogP contribution in [0.5, 0.6) is 0 Å². The Morgan fingerprint density at radius 3 is 2.24 bits per heavy atom. The van der Waals surface area contributed by atoms with Gasteiger partial charge < -0.3 is 10.1 Å². The van der Waals surface area contributed by atoms with Crippen molar-refractivity contribution in [2.45, 2.75) is 45.4 Å². The van der Waals surface area contributed by atoms with Crippen LogP contribution in [0.4, 0.5) is 0 Å². The van der Waals surface area contributed by atoms with Crippen molar-refractivity contribution < 1.29 is 14.3 Å². The van der Waals surface area contributed by atoms with Gasteiger partial charge in [-0.1, -0.05) is 6.92 Å². The molecule has 0 saturated carbocycles. The number of rotatable bonds is 5. The molecule has 4 nitrogen and oxygen atoms in total. The number of ether oxygens (including phenoxy) is 1. The number of hydrogen-bond acceptors (Lipinski definition) is 4. The Labute approximate surface area is 108 Å². The topological polar surface area (TPSA) is 55.4 Å². The highest BCUT2D eigenvalue weighted by molar-refractivity contribution is 8.00. The summed E-state index contributed by atoms with van der Waals surface area (Å²) in [5, 5.41) is 2.74. The van der Waals surface area contributed by atoms with Gasteiger partial charge >= 0.3 is 5.97 Å². The Morgan fingerprint density at radius 2 is 1.82 bits per heavy atom. The predicted octanol–water partition coefficient (Wildman–Crippen LogP) is 1.83. The van der Waals surface area contributed by atoms with Crippen LogP contribution in [0.3, 0.4) is 0 Å². The number of hydrogen-bond donors (Lipinski definition) is 1. The zero-order valence-electron chi connectivity index (χ0n) is 11.5. The van der Waals surface area contributed by atoms with E-state index in [1.165, 1.54) is 18.9 Å². The summed E-state index contributed by atoms with van der Waals surface area (Å²) in [6, 6.07) is 0. The smallest absolute Gasteiger partial charge is 0.309 e. The van der Waals surface area contributed by atoms with Crippen LogP contribution in [-0.4, -0.2) is 35.5 Å². The van der Waals surface area contributed by atoms with Gasteiger partial charge in [-0.3, -0.25) is 9.59 Å². The molecule has 0 bridgehead atoms. The van der Waals surface area contributed by atoms with E-state index in [4.69, 9.17) is 0 Å². The fourth-order valence-electron chi connectivity index (χ4n) is 1.10. The van der Waals surface area contributed by atoms with E-state index in [-0.39, 0.29) is 28.6 Å². The summed E-state index contributed by atoms with van der Waals surface area (Å²) < 4.78 is 4.63. The third kappa shape index (κ3) is 7.26. The van der Waals surface area contributed by atoms with Crippen LogP contribution in [0, 0.1) is 5.92 Å². The second-order valence-corrected chi connectivity index (χ2v) is 6.51. The summed E-state index contributed by atoms with van der Waals surface area (Å²) >= 11 is 1.46. The molecule has 5 heteroatoms. The van der Waals surface area contributed by atoms with E-state index in [1.807, 2.05) is 27.7 Å². The highest BCUT2D eigenvalue weighted by Crippen LogP contribution is 2.16. The van der Waals surface area contributed by atoms with Crippen molar-refractivity contribution in [3.8, 4) is 0 Å². The van der Waals surface area contributed by atoms with Gasteiger partial charge in [0, 0.05) is 11.3 Å². The van der Waals surface area contributed by atoms with Gasteiger partial charge in [-0.15, -0.1) is 11.8 Å². The molecule has 1 amide bonds. The van der Waals surface area contributed by atoms with Crippen molar-refractivity contribution in [2.75, 3.05) is 12.9 Å². The summed E-state index contributed by atoms with van der Waals surface area (Å²) in [4.78, 5) is 22.9. The van der Waals surface area contributed by atoms with Crippen LogP contribution in [-0.2, 0) is 14.3 Å². The van der Waals surface area contributed by atoms with Crippen LogP contribution < -0.4 is 5.32 Å². The lowest BCUT2D eigenvalue weighted by Gasteiger charge is -2.23. The molecular formula is C12H23NO3S. The SMILES string of the molecule is COC(=O)C(C)CSC(C)C(=O)NC(C)(C)C. The zero-order valence-corrected chi connectivity index (χ0v) is 12.3. The molecule has 0 saturated heterocycles. The average molecular weight is 261 g/mol. The van der Waals surface area contributed by atoms with Crippen molar-refractivity contribution in [1.82, 2.24) is 5.32 Å². The molecule has 0 aromatic rings. The van der Waals surface area contributed by atoms with E-state index in [1.54, 1.807) is 6.92 Å². The Hall–Kier alpha value is -0.710. The normalized spacial score (nSPS) is 14.9. The quantitative estimate of drug-likeness (QED) is 0.767. The van der Waals surface area contributed by atoms with E-state index < -0.39 is 0 Å². The molecule has 2 atom stereocenters. The molecule has 0 aliphatic rings. The summed E-state index contributed by atoms with van der Waals surface area (Å²) in [5.74, 6) is 0.168. The van der Waals surface area contributed by atoms with E-state index in [0.717, 1.165) is 0 Å². The van der Waals surface area contributed by atoms with Crippen LogP contribution in [0.2, 0.25) is 0 Å². The first kappa shape index (κ1) is 16.3. The number of amides is 1. The maximum absolute atomic E-state index is 11.8. The van der Waals surface area contributed by atoms with Crippen molar-refractivity contribution in [1.29, 1.82) is 0 Å². The van der Waals surface area contributed by atoms with Crippen LogP contribution in [0.15, 0.2) is 0 Å². The number of carbonyl (C=O) groups is 2. The molecule has 0 aliphatic heterocycles. The highest BCUT2D eigenvalue weighted by Gasteiger charge is 2.21. The monoisotopic (exact) mass is 261 g/mol. The molecule has 0 aliphatic carbocycles. The van der Waals surface area contributed by atoms with Gasteiger partial charge in [-0.05, 0) is 27.7 Å². The van der Waals surface area contributed by atoms with Gasteiger partial charge in [0.05, 0.1) is 18.3 Å². The van der Waals surface area contributed by atoms with Crippen LogP contribution in [0.25, 0.3) is 0 Å². The van der Waals surface area contributed by atoms with E-state index >= 15 is 0 Å². The van der Waals surface area contributed by atoms with Crippen molar-refractivity contribution >= 4 is 23.6 Å². The lowest BCUT2D eigenvalue weighted by atomic mass is 10.1. The van der Waals surface area contributed by atoms with Gasteiger partial charge in [0.15, 0.2) is 0 Å². The minimum absolute atomic E-state index is 0.000402. The fourth-order valence-corrected chi connectivity index (χ4v) is 2.03. The van der Waals surface area contributed by atoms with Gasteiger partial charge in [0.25, 0.3) is 0 Å². The number of carbonyl (C=O) groups excluding carboxylic acids is 2. The first-order valence-electron chi connectivity index (χ1n) is 5.69. The molecular weight excluding hydrogens is 238 g/mol. The Morgan fingerprint density at radius 1 is 1.29 bits per heavy atom. The first-order chi connectivity index (χ1) is 7.67. The summed E-state index contributed by atoms with van der Waals surface area (Å²) in [7, 11) is 1.37. The lowest BCUT2D eigenvalue weighted by molar-refractivity contribution is -0.144. The third-order valence-electron chi connectivity index (χ3n) is 2.07. The molecule has 1 N–H and O–H groups in total. The van der Waals surface area contributed by atoms with Gasteiger partial charge in [-0.2, -0.15) is 0 Å². The van der Waals surface area contributed by atoms with E-state index in [9.17, 15) is 9.59 Å². The van der Waals surface area contributed by atoms with Gasteiger partial charge in [0.1, 0.15) is 0 Å². The zero-order chi connectivity index (χ0) is 13.6. The predicted molar refractivity (Wildman–Crippen MR) is 71.0 cm³/mol. The molecule has 0 fully saturated rings. The van der Waals surface area contributed by atoms with Crippen LogP contribution in [0.1, 0.15) is 34.6 Å². The molecule has 0 radical (unpaired) electrons. The Kier molecular flexibility index (Phi) is 6.60. The van der Waals surface area contributed by atoms with Gasteiger partial charge in [0.2, 0.25) is 5.91 Å². The molecule has 100 valence electrons. The minimum atomic E-state index is -0.235. The standard InChI is InChI=1S/C12H23NO3S/c1-8(11(15)16-6)7-17-9(2)10(14)13-12(3,4)5/h8-9H,7H2,1-6H3,(H,13,14). The maximum Gasteiger partial charge on any atom is 0.309 e. The molecule has 0 spiro atoms. The van der Waals surface area contributed by atoms with E-state index in [2.05, 4.69) is 10.1 Å². The molecule has 0 aromatic carbocycles. The van der Waals surface area contributed by atoms with Crippen molar-refractivity contribution in [2.24, 2.45) is 5.92 Å². The maximum atomic E-state index is 11.8. The largest absolute Gasteiger partial charge is 0.469 e. The number of nitrogens with one attached hydrogen (secondary N) is 1. The average Bonchev–Trinajstić information content (AvgIpc) is 2.21. The second kappa shape index (κ2) is 6.89. The number of thioether (sulfide) groups is 1. The summed E-state index contributed by atoms with van der Waals surface area (Å²) in [6.45, 7) is 9.47. The lowest BCUT2D eigenvalue weighted by Crippen LogP contribution is -2.44. The van der Waals surface area contributed by atoms with Crippen molar-refractivity contribution in [3.63, 3.8) is 0 Å². The minimum Gasteiger partial charge on any atom is -0.469 e. The second-order valence-electron chi connectivity index (χ2n) is 5.14.